The molecule has 2 aliphatic heterocycles. The Labute approximate surface area is 143 Å². The van der Waals surface area contributed by atoms with Gasteiger partial charge in [-0.15, -0.1) is 0 Å². The van der Waals surface area contributed by atoms with E-state index in [1.54, 1.807) is 11.2 Å². The van der Waals surface area contributed by atoms with Gasteiger partial charge in [-0.3, -0.25) is 4.90 Å². The van der Waals surface area contributed by atoms with Gasteiger partial charge in [-0.2, -0.15) is 0 Å². The van der Waals surface area contributed by atoms with Crippen LogP contribution in [0.3, 0.4) is 0 Å². The van der Waals surface area contributed by atoms with Crippen molar-refractivity contribution < 1.29 is 19.0 Å². The number of aromatic nitrogens is 2. The third kappa shape index (κ3) is 2.27. The lowest BCUT2D eigenvalue weighted by Gasteiger charge is -2.24. The summed E-state index contributed by atoms with van der Waals surface area (Å²) in [5, 5.41) is 0. The summed E-state index contributed by atoms with van der Waals surface area (Å²) in [4.78, 5) is 21.3. The number of H-pyrrole nitrogens is 1. The van der Waals surface area contributed by atoms with Crippen molar-refractivity contribution in [3.8, 4) is 11.5 Å². The second-order valence-electron chi connectivity index (χ2n) is 5.97. The molecule has 1 amide bonds. The number of amides is 1. The molecule has 0 spiro atoms. The highest BCUT2D eigenvalue weighted by molar-refractivity contribution is 5.93. The highest BCUT2D eigenvalue weighted by Crippen LogP contribution is 2.38. The zero-order chi connectivity index (χ0) is 16.8. The van der Waals surface area contributed by atoms with E-state index in [0.29, 0.717) is 25.6 Å². The first kappa shape index (κ1) is 14.2. The average molecular weight is 337 g/mol. The Morgan fingerprint density at radius 1 is 1.04 bits per heavy atom. The molecular weight excluding hydrogens is 322 g/mol. The molecular formula is C18H15N3O4. The standard InChI is InChI=1S/C18H15N3O4/c22-18-21(12-2-3-13-14(8-12)20-10-19-13)15(9-25-18)11-1-4-16-17(7-11)24-6-5-23-16/h1-4,7-8,10,15H,5-6,9H2,(H,19,20). The smallest absolute Gasteiger partial charge is 0.415 e. The molecule has 2 aliphatic rings. The maximum Gasteiger partial charge on any atom is 0.415 e. The van der Waals surface area contributed by atoms with Crippen molar-refractivity contribution in [2.75, 3.05) is 24.7 Å². The van der Waals surface area contributed by atoms with Crippen LogP contribution in [0.4, 0.5) is 10.5 Å². The Balaban J connectivity index is 1.54. The van der Waals surface area contributed by atoms with E-state index >= 15 is 0 Å². The number of carbonyl (C=O) groups is 1. The summed E-state index contributed by atoms with van der Waals surface area (Å²) < 4.78 is 16.5. The predicted molar refractivity (Wildman–Crippen MR) is 90.1 cm³/mol. The fourth-order valence-electron chi connectivity index (χ4n) is 3.29. The van der Waals surface area contributed by atoms with E-state index in [9.17, 15) is 4.79 Å². The van der Waals surface area contributed by atoms with E-state index in [2.05, 4.69) is 9.97 Å². The summed E-state index contributed by atoms with van der Waals surface area (Å²) in [6.45, 7) is 1.37. The van der Waals surface area contributed by atoms with Gasteiger partial charge in [0, 0.05) is 0 Å². The summed E-state index contributed by atoms with van der Waals surface area (Å²) in [6.07, 6.45) is 1.27. The monoisotopic (exact) mass is 337 g/mol. The maximum atomic E-state index is 12.3. The molecule has 1 atom stereocenters. The lowest BCUT2D eigenvalue weighted by atomic mass is 10.0. The first-order valence-electron chi connectivity index (χ1n) is 8.08. The Kier molecular flexibility index (Phi) is 3.06. The summed E-state index contributed by atoms with van der Waals surface area (Å²) in [7, 11) is 0. The number of cyclic esters (lactones) is 1. The van der Waals surface area contributed by atoms with Crippen LogP contribution in [0.25, 0.3) is 11.0 Å². The number of fused-ring (bicyclic) bond motifs is 2. The van der Waals surface area contributed by atoms with Crippen molar-refractivity contribution in [1.29, 1.82) is 0 Å². The molecule has 0 saturated carbocycles. The van der Waals surface area contributed by atoms with E-state index in [1.165, 1.54) is 0 Å². The predicted octanol–water partition coefficient (Wildman–Crippen LogP) is 3.03. The van der Waals surface area contributed by atoms with Crippen LogP contribution >= 0.6 is 0 Å². The van der Waals surface area contributed by atoms with Crippen LogP contribution in [0.5, 0.6) is 11.5 Å². The molecule has 2 aromatic carbocycles. The van der Waals surface area contributed by atoms with Crippen LogP contribution in [0.1, 0.15) is 11.6 Å². The van der Waals surface area contributed by atoms with Gasteiger partial charge in [0.25, 0.3) is 0 Å². The number of benzene rings is 2. The minimum Gasteiger partial charge on any atom is -0.486 e. The van der Waals surface area contributed by atoms with Gasteiger partial charge in [0.1, 0.15) is 19.8 Å². The number of nitrogens with one attached hydrogen (secondary N) is 1. The molecule has 0 bridgehead atoms. The second kappa shape index (κ2) is 5.41. The molecule has 7 heteroatoms. The molecule has 25 heavy (non-hydrogen) atoms. The quantitative estimate of drug-likeness (QED) is 0.778. The molecule has 5 rings (SSSR count). The molecule has 0 radical (unpaired) electrons. The number of anilines is 1. The SMILES string of the molecule is O=C1OCC(c2ccc3c(c2)OCCO3)N1c1ccc2nc[nH]c2c1. The zero-order valence-electron chi connectivity index (χ0n) is 13.3. The van der Waals surface area contributed by atoms with E-state index < -0.39 is 0 Å². The number of rotatable bonds is 2. The van der Waals surface area contributed by atoms with Crippen LogP contribution in [0.2, 0.25) is 0 Å². The molecule has 7 nitrogen and oxygen atoms in total. The lowest BCUT2D eigenvalue weighted by molar-refractivity contribution is 0.171. The van der Waals surface area contributed by atoms with Gasteiger partial charge in [0.05, 0.1) is 29.1 Å². The van der Waals surface area contributed by atoms with Gasteiger partial charge in [0.2, 0.25) is 0 Å². The maximum absolute atomic E-state index is 12.3. The van der Waals surface area contributed by atoms with Crippen molar-refractivity contribution in [3.05, 3.63) is 48.3 Å². The molecule has 1 N–H and O–H groups in total. The Morgan fingerprint density at radius 2 is 1.92 bits per heavy atom. The highest BCUT2D eigenvalue weighted by Gasteiger charge is 2.36. The van der Waals surface area contributed by atoms with Crippen molar-refractivity contribution in [2.45, 2.75) is 6.04 Å². The van der Waals surface area contributed by atoms with Gasteiger partial charge in [0.15, 0.2) is 11.5 Å². The van der Waals surface area contributed by atoms with Gasteiger partial charge >= 0.3 is 6.09 Å². The number of hydrogen-bond donors (Lipinski definition) is 1. The van der Waals surface area contributed by atoms with Crippen molar-refractivity contribution in [3.63, 3.8) is 0 Å². The average Bonchev–Trinajstić information content (AvgIpc) is 3.27. The number of imidazole rings is 1. The van der Waals surface area contributed by atoms with E-state index in [0.717, 1.165) is 28.0 Å². The number of ether oxygens (including phenoxy) is 3. The minimum absolute atomic E-state index is 0.219. The van der Waals surface area contributed by atoms with Gasteiger partial charge in [-0.05, 0) is 35.9 Å². The summed E-state index contributed by atoms with van der Waals surface area (Å²) in [5.74, 6) is 1.43. The molecule has 1 aromatic heterocycles. The third-order valence-corrected chi connectivity index (χ3v) is 4.51. The Hall–Kier alpha value is -3.22. The van der Waals surface area contributed by atoms with Crippen molar-refractivity contribution >= 4 is 22.8 Å². The summed E-state index contributed by atoms with van der Waals surface area (Å²) in [6, 6.07) is 11.2. The molecule has 1 unspecified atom stereocenters. The second-order valence-corrected chi connectivity index (χ2v) is 5.97. The Bertz CT molecular complexity index is 968. The number of carbonyl (C=O) groups excluding carboxylic acids is 1. The molecule has 0 aliphatic carbocycles. The third-order valence-electron chi connectivity index (χ3n) is 4.51. The normalized spacial score (nSPS) is 19.3. The van der Waals surface area contributed by atoms with Crippen molar-refractivity contribution in [2.24, 2.45) is 0 Å². The highest BCUT2D eigenvalue weighted by atomic mass is 16.6. The van der Waals surface area contributed by atoms with Crippen LogP contribution in [0.15, 0.2) is 42.7 Å². The summed E-state index contributed by atoms with van der Waals surface area (Å²) >= 11 is 0. The molecule has 3 aromatic rings. The molecule has 1 saturated heterocycles. The number of hydrogen-bond acceptors (Lipinski definition) is 5. The van der Waals surface area contributed by atoms with E-state index in [1.807, 2.05) is 36.4 Å². The van der Waals surface area contributed by atoms with Gasteiger partial charge in [-0.25, -0.2) is 9.78 Å². The first-order valence-corrected chi connectivity index (χ1v) is 8.08. The van der Waals surface area contributed by atoms with Crippen LogP contribution in [0, 0.1) is 0 Å². The molecule has 3 heterocycles. The zero-order valence-corrected chi connectivity index (χ0v) is 13.3. The lowest BCUT2D eigenvalue weighted by Crippen LogP contribution is -2.27. The van der Waals surface area contributed by atoms with Crippen LogP contribution in [-0.4, -0.2) is 35.9 Å². The van der Waals surface area contributed by atoms with Crippen molar-refractivity contribution in [1.82, 2.24) is 9.97 Å². The summed E-state index contributed by atoms with van der Waals surface area (Å²) in [5.41, 5.74) is 3.43. The van der Waals surface area contributed by atoms with Crippen LogP contribution < -0.4 is 14.4 Å². The van der Waals surface area contributed by atoms with E-state index in [-0.39, 0.29) is 12.1 Å². The Morgan fingerprint density at radius 3 is 2.84 bits per heavy atom. The van der Waals surface area contributed by atoms with E-state index in [4.69, 9.17) is 14.2 Å². The minimum atomic E-state index is -0.362. The molecule has 126 valence electrons. The largest absolute Gasteiger partial charge is 0.486 e. The molecule has 1 fully saturated rings. The fourth-order valence-corrected chi connectivity index (χ4v) is 3.29. The van der Waals surface area contributed by atoms with Crippen LogP contribution in [-0.2, 0) is 4.74 Å². The van der Waals surface area contributed by atoms with Gasteiger partial charge in [-0.1, -0.05) is 6.07 Å². The first-order chi connectivity index (χ1) is 12.3. The number of aromatic amines is 1. The fraction of sp³-hybridized carbons (Fsp3) is 0.222. The topological polar surface area (TPSA) is 76.7 Å². The van der Waals surface area contributed by atoms with Gasteiger partial charge < -0.3 is 19.2 Å². The number of nitrogens with zero attached hydrogens (tertiary/aromatic N) is 2.